The monoisotopic (exact) mass is 459 g/mol. The molecule has 7 heteroatoms. The highest BCUT2D eigenvalue weighted by Gasteiger charge is 2.42. The number of quaternary nitrogens is 1. The van der Waals surface area contributed by atoms with Crippen molar-refractivity contribution in [1.82, 2.24) is 4.90 Å². The van der Waals surface area contributed by atoms with Gasteiger partial charge >= 0.3 is 0 Å². The molecule has 2 heterocycles. The van der Waals surface area contributed by atoms with E-state index in [1.54, 1.807) is 35.2 Å². The SMILES string of the molecule is CC[NH+](CC)CCCN1C(=O)c2oc3ccc(Cl)cc3c(=O)c2C1c1ccc(Cl)cc1. The number of amides is 1. The molecule has 0 spiro atoms. The highest BCUT2D eigenvalue weighted by Crippen LogP contribution is 2.38. The molecular weight excluding hydrogens is 435 g/mol. The van der Waals surface area contributed by atoms with E-state index < -0.39 is 6.04 Å². The van der Waals surface area contributed by atoms with E-state index in [2.05, 4.69) is 13.8 Å². The van der Waals surface area contributed by atoms with Crippen molar-refractivity contribution in [2.24, 2.45) is 0 Å². The number of fused-ring (bicyclic) bond motifs is 2. The van der Waals surface area contributed by atoms with Gasteiger partial charge in [0.05, 0.1) is 36.6 Å². The maximum absolute atomic E-state index is 13.5. The minimum atomic E-state index is -0.508. The third-order valence-electron chi connectivity index (χ3n) is 6.04. The number of hydrogen-bond acceptors (Lipinski definition) is 3. The van der Waals surface area contributed by atoms with Crippen molar-refractivity contribution in [3.63, 3.8) is 0 Å². The van der Waals surface area contributed by atoms with Gasteiger partial charge in [-0.3, -0.25) is 9.59 Å². The summed E-state index contributed by atoms with van der Waals surface area (Å²) >= 11 is 12.2. The summed E-state index contributed by atoms with van der Waals surface area (Å²) in [6.07, 6.45) is 0.834. The van der Waals surface area contributed by atoms with Crippen LogP contribution in [0.15, 0.2) is 51.7 Å². The lowest BCUT2D eigenvalue weighted by atomic mass is 9.98. The molecule has 1 aromatic heterocycles. The third kappa shape index (κ3) is 4.10. The van der Waals surface area contributed by atoms with Crippen LogP contribution in [0.4, 0.5) is 0 Å². The first kappa shape index (κ1) is 21.9. The Balaban J connectivity index is 1.80. The summed E-state index contributed by atoms with van der Waals surface area (Å²) in [5.41, 5.74) is 1.35. The lowest BCUT2D eigenvalue weighted by Gasteiger charge is -2.26. The lowest BCUT2D eigenvalue weighted by molar-refractivity contribution is -0.896. The van der Waals surface area contributed by atoms with Crippen molar-refractivity contribution in [3.8, 4) is 0 Å². The molecule has 3 aromatic rings. The van der Waals surface area contributed by atoms with Crippen molar-refractivity contribution < 1.29 is 14.1 Å². The molecule has 1 unspecified atom stereocenters. The van der Waals surface area contributed by atoms with Crippen molar-refractivity contribution >= 4 is 40.1 Å². The van der Waals surface area contributed by atoms with Crippen LogP contribution in [0.3, 0.4) is 0 Å². The fourth-order valence-electron chi connectivity index (χ4n) is 4.32. The molecule has 0 bridgehead atoms. The van der Waals surface area contributed by atoms with Gasteiger partial charge in [0.1, 0.15) is 5.58 Å². The average molecular weight is 460 g/mol. The zero-order valence-corrected chi connectivity index (χ0v) is 19.1. The number of carbonyl (C=O) groups excluding carboxylic acids is 1. The summed E-state index contributed by atoms with van der Waals surface area (Å²) in [6.45, 7) is 7.89. The molecule has 4 rings (SSSR count). The molecule has 31 heavy (non-hydrogen) atoms. The molecule has 0 fully saturated rings. The van der Waals surface area contributed by atoms with Gasteiger partial charge in [0.25, 0.3) is 5.91 Å². The first-order valence-electron chi connectivity index (χ1n) is 10.6. The van der Waals surface area contributed by atoms with Gasteiger partial charge in [0.15, 0.2) is 5.43 Å². The summed E-state index contributed by atoms with van der Waals surface area (Å²) in [4.78, 5) is 30.0. The van der Waals surface area contributed by atoms with Crippen molar-refractivity contribution in [1.29, 1.82) is 0 Å². The number of carbonyl (C=O) groups is 1. The van der Waals surface area contributed by atoms with Crippen LogP contribution in [0, 0.1) is 0 Å². The molecule has 0 saturated heterocycles. The van der Waals surface area contributed by atoms with Gasteiger partial charge in [-0.1, -0.05) is 35.3 Å². The van der Waals surface area contributed by atoms with Gasteiger partial charge in [-0.2, -0.15) is 0 Å². The highest BCUT2D eigenvalue weighted by molar-refractivity contribution is 6.31. The Morgan fingerprint density at radius 3 is 2.35 bits per heavy atom. The van der Waals surface area contributed by atoms with Gasteiger partial charge in [-0.25, -0.2) is 0 Å². The van der Waals surface area contributed by atoms with Crippen LogP contribution in [0.25, 0.3) is 11.0 Å². The second-order valence-electron chi connectivity index (χ2n) is 7.83. The number of benzene rings is 2. The number of nitrogens with zero attached hydrogens (tertiary/aromatic N) is 1. The third-order valence-corrected chi connectivity index (χ3v) is 6.53. The first-order valence-corrected chi connectivity index (χ1v) is 11.4. The van der Waals surface area contributed by atoms with Crippen molar-refractivity contribution in [2.45, 2.75) is 26.3 Å². The standard InChI is InChI=1S/C24H24Cl2N2O3/c1-3-27(4-2)12-5-13-28-21(15-6-8-16(25)9-7-15)20-22(29)18-14-17(26)10-11-19(18)31-23(20)24(28)30/h6-11,14,21H,3-5,12-13H2,1-2H3/p+1. The van der Waals surface area contributed by atoms with Crippen LogP contribution in [-0.4, -0.2) is 37.0 Å². The van der Waals surface area contributed by atoms with E-state index in [0.717, 1.165) is 31.6 Å². The molecule has 1 N–H and O–H groups in total. The molecule has 0 aliphatic carbocycles. The van der Waals surface area contributed by atoms with Gasteiger partial charge < -0.3 is 14.2 Å². The van der Waals surface area contributed by atoms with E-state index in [-0.39, 0.29) is 17.1 Å². The van der Waals surface area contributed by atoms with E-state index in [1.807, 2.05) is 12.1 Å². The number of nitrogens with one attached hydrogen (secondary N) is 1. The number of rotatable bonds is 7. The second-order valence-corrected chi connectivity index (χ2v) is 8.70. The van der Waals surface area contributed by atoms with E-state index in [1.165, 1.54) is 4.90 Å². The molecule has 1 aliphatic rings. The Bertz CT molecular complexity index is 1170. The van der Waals surface area contributed by atoms with E-state index >= 15 is 0 Å². The molecule has 1 atom stereocenters. The maximum Gasteiger partial charge on any atom is 0.290 e. The van der Waals surface area contributed by atoms with Crippen LogP contribution in [0.5, 0.6) is 0 Å². The summed E-state index contributed by atoms with van der Waals surface area (Å²) in [6, 6.07) is 11.6. The van der Waals surface area contributed by atoms with Crippen molar-refractivity contribution in [2.75, 3.05) is 26.2 Å². The van der Waals surface area contributed by atoms with E-state index in [0.29, 0.717) is 33.1 Å². The van der Waals surface area contributed by atoms with Crippen molar-refractivity contribution in [3.05, 3.63) is 79.6 Å². The second kappa shape index (κ2) is 9.03. The Hall–Kier alpha value is -2.34. The van der Waals surface area contributed by atoms with Gasteiger partial charge in [-0.15, -0.1) is 0 Å². The Kier molecular flexibility index (Phi) is 6.37. The number of hydrogen-bond donors (Lipinski definition) is 1. The average Bonchev–Trinajstić information content (AvgIpc) is 3.04. The Morgan fingerprint density at radius 1 is 1.00 bits per heavy atom. The Labute approximate surface area is 191 Å². The van der Waals surface area contributed by atoms with Crippen LogP contribution in [0.2, 0.25) is 10.0 Å². The first-order chi connectivity index (χ1) is 14.9. The summed E-state index contributed by atoms with van der Waals surface area (Å²) < 4.78 is 5.95. The normalized spacial score (nSPS) is 15.8. The topological polar surface area (TPSA) is 55.0 Å². The zero-order valence-electron chi connectivity index (χ0n) is 17.6. The molecule has 2 aromatic carbocycles. The molecule has 1 amide bonds. The van der Waals surface area contributed by atoms with Crippen LogP contribution < -0.4 is 10.3 Å². The Morgan fingerprint density at radius 2 is 1.68 bits per heavy atom. The predicted octanol–water partition coefficient (Wildman–Crippen LogP) is 3.96. The fourth-order valence-corrected chi connectivity index (χ4v) is 4.62. The molecule has 0 radical (unpaired) electrons. The smallest absolute Gasteiger partial charge is 0.290 e. The minimum absolute atomic E-state index is 0.120. The summed E-state index contributed by atoms with van der Waals surface area (Å²) in [7, 11) is 0. The van der Waals surface area contributed by atoms with Crippen LogP contribution >= 0.6 is 23.2 Å². The zero-order chi connectivity index (χ0) is 22.1. The fraction of sp³-hybridized carbons (Fsp3) is 0.333. The molecule has 1 aliphatic heterocycles. The molecule has 162 valence electrons. The van der Waals surface area contributed by atoms with Crippen LogP contribution in [-0.2, 0) is 0 Å². The van der Waals surface area contributed by atoms with E-state index in [9.17, 15) is 9.59 Å². The van der Waals surface area contributed by atoms with Crippen LogP contribution in [0.1, 0.15) is 48.0 Å². The maximum atomic E-state index is 13.5. The molecular formula is C24H25Cl2N2O3+. The minimum Gasteiger partial charge on any atom is -0.450 e. The summed E-state index contributed by atoms with van der Waals surface area (Å²) in [5, 5.41) is 1.43. The van der Waals surface area contributed by atoms with Gasteiger partial charge in [0, 0.05) is 23.0 Å². The molecule has 0 saturated carbocycles. The highest BCUT2D eigenvalue weighted by atomic mass is 35.5. The quantitative estimate of drug-likeness (QED) is 0.581. The molecule has 5 nitrogen and oxygen atoms in total. The van der Waals surface area contributed by atoms with Gasteiger partial charge in [-0.05, 0) is 49.7 Å². The predicted molar refractivity (Wildman–Crippen MR) is 123 cm³/mol. The summed E-state index contributed by atoms with van der Waals surface area (Å²) in [5.74, 6) is -0.131. The van der Waals surface area contributed by atoms with Gasteiger partial charge in [0.2, 0.25) is 5.76 Å². The van der Waals surface area contributed by atoms with E-state index in [4.69, 9.17) is 27.6 Å². The number of halogens is 2. The lowest BCUT2D eigenvalue weighted by Crippen LogP contribution is -3.11. The largest absolute Gasteiger partial charge is 0.450 e.